The monoisotopic (exact) mass is 241 g/mol. The van der Waals surface area contributed by atoms with Gasteiger partial charge < -0.3 is 0 Å². The van der Waals surface area contributed by atoms with E-state index in [1.165, 1.54) is 17.7 Å². The number of halogens is 1. The molecule has 1 atom stereocenters. The van der Waals surface area contributed by atoms with Crippen molar-refractivity contribution >= 4 is 27.3 Å². The Morgan fingerprint density at radius 3 is 2.75 bits per heavy atom. The largest absolute Gasteiger partial charge is 0.198 e. The van der Waals surface area contributed by atoms with Crippen LogP contribution in [0.25, 0.3) is 0 Å². The second kappa shape index (κ2) is 3.20. The summed E-state index contributed by atoms with van der Waals surface area (Å²) in [6, 6.07) is 6.46. The lowest BCUT2D eigenvalue weighted by atomic mass is 10.0. The minimum Gasteiger partial charge on any atom is -0.198 e. The number of rotatable bonds is 2. The number of nitriles is 1. The molecule has 1 aliphatic carbocycles. The maximum Gasteiger partial charge on any atom is 0.0834 e. The fourth-order valence-corrected chi connectivity index (χ4v) is 2.89. The summed E-state index contributed by atoms with van der Waals surface area (Å²) in [7, 11) is 0. The second-order valence-corrected chi connectivity index (χ2v) is 5.58. The van der Waals surface area contributed by atoms with Gasteiger partial charge in [-0.3, -0.25) is 0 Å². The van der Waals surface area contributed by atoms with E-state index in [0.717, 1.165) is 3.79 Å². The lowest BCUT2D eigenvalue weighted by molar-refractivity contribution is 0.753. The van der Waals surface area contributed by atoms with E-state index in [4.69, 9.17) is 5.26 Å². The third-order valence-electron chi connectivity index (χ3n) is 2.13. The molecule has 1 unspecified atom stereocenters. The summed E-state index contributed by atoms with van der Waals surface area (Å²) < 4.78 is 1.12. The van der Waals surface area contributed by atoms with Crippen molar-refractivity contribution in [3.63, 3.8) is 0 Å². The zero-order valence-corrected chi connectivity index (χ0v) is 8.86. The molecule has 1 fully saturated rings. The molecule has 0 aromatic carbocycles. The summed E-state index contributed by atoms with van der Waals surface area (Å²) in [5, 5.41) is 8.94. The number of thiophene rings is 1. The molecule has 2 rings (SSSR count). The first kappa shape index (κ1) is 8.28. The average Bonchev–Trinajstić information content (AvgIpc) is 2.78. The van der Waals surface area contributed by atoms with E-state index in [0.29, 0.717) is 5.92 Å². The van der Waals surface area contributed by atoms with Crippen LogP contribution in [0.15, 0.2) is 15.9 Å². The Hall–Kier alpha value is -0.330. The number of hydrogen-bond acceptors (Lipinski definition) is 2. The highest BCUT2D eigenvalue weighted by atomic mass is 79.9. The fraction of sp³-hybridized carbons (Fsp3) is 0.444. The minimum atomic E-state index is 0.154. The maximum absolute atomic E-state index is 8.94. The Balaban J connectivity index is 2.22. The first-order valence-electron chi connectivity index (χ1n) is 3.96. The summed E-state index contributed by atoms with van der Waals surface area (Å²) in [6.45, 7) is 0. The van der Waals surface area contributed by atoms with Gasteiger partial charge in [0.2, 0.25) is 0 Å². The average molecular weight is 242 g/mol. The van der Waals surface area contributed by atoms with Crippen LogP contribution < -0.4 is 0 Å². The third kappa shape index (κ3) is 1.55. The van der Waals surface area contributed by atoms with E-state index in [-0.39, 0.29) is 5.92 Å². The van der Waals surface area contributed by atoms with Gasteiger partial charge in [0.05, 0.1) is 15.8 Å². The van der Waals surface area contributed by atoms with E-state index in [9.17, 15) is 0 Å². The second-order valence-electron chi connectivity index (χ2n) is 3.09. The van der Waals surface area contributed by atoms with Gasteiger partial charge in [-0.05, 0) is 46.8 Å². The van der Waals surface area contributed by atoms with Crippen molar-refractivity contribution in [2.24, 2.45) is 5.92 Å². The van der Waals surface area contributed by atoms with Crippen molar-refractivity contribution in [2.45, 2.75) is 18.8 Å². The Bertz CT molecular complexity index is 322. The molecule has 62 valence electrons. The number of nitrogens with zero attached hydrogens (tertiary/aromatic N) is 1. The highest BCUT2D eigenvalue weighted by Crippen LogP contribution is 2.44. The Labute approximate surface area is 84.2 Å². The lowest BCUT2D eigenvalue weighted by Gasteiger charge is -2.01. The molecule has 0 N–H and O–H groups in total. The Morgan fingerprint density at radius 2 is 2.33 bits per heavy atom. The van der Waals surface area contributed by atoms with Gasteiger partial charge >= 0.3 is 0 Å². The van der Waals surface area contributed by atoms with Crippen molar-refractivity contribution < 1.29 is 0 Å². The van der Waals surface area contributed by atoms with Crippen LogP contribution in [-0.2, 0) is 0 Å². The smallest absolute Gasteiger partial charge is 0.0834 e. The summed E-state index contributed by atoms with van der Waals surface area (Å²) >= 11 is 5.09. The summed E-state index contributed by atoms with van der Waals surface area (Å²) in [5.41, 5.74) is 0. The third-order valence-corrected chi connectivity index (χ3v) is 3.84. The van der Waals surface area contributed by atoms with E-state index in [2.05, 4.69) is 28.1 Å². The molecule has 12 heavy (non-hydrogen) atoms. The van der Waals surface area contributed by atoms with Gasteiger partial charge in [-0.2, -0.15) is 5.26 Å². The maximum atomic E-state index is 8.94. The van der Waals surface area contributed by atoms with E-state index >= 15 is 0 Å². The fourth-order valence-electron chi connectivity index (χ4n) is 1.33. The van der Waals surface area contributed by atoms with Crippen LogP contribution in [0.2, 0.25) is 0 Å². The van der Waals surface area contributed by atoms with Crippen molar-refractivity contribution in [2.75, 3.05) is 0 Å². The number of hydrogen-bond donors (Lipinski definition) is 0. The molecule has 1 saturated carbocycles. The highest BCUT2D eigenvalue weighted by Gasteiger charge is 2.33. The van der Waals surface area contributed by atoms with E-state index in [1.807, 2.05) is 6.07 Å². The molecule has 0 aliphatic heterocycles. The predicted molar refractivity (Wildman–Crippen MR) is 53.1 cm³/mol. The predicted octanol–water partition coefficient (Wildman–Crippen LogP) is 3.53. The molecule has 0 spiro atoms. The molecule has 0 radical (unpaired) electrons. The molecule has 1 aromatic heterocycles. The summed E-state index contributed by atoms with van der Waals surface area (Å²) in [5.74, 6) is 0.793. The molecular weight excluding hydrogens is 234 g/mol. The van der Waals surface area contributed by atoms with E-state index < -0.39 is 0 Å². The SMILES string of the molecule is N#CC(c1ccc(Br)s1)C1CC1. The molecule has 1 heterocycles. The van der Waals surface area contributed by atoms with Gasteiger partial charge in [0.15, 0.2) is 0 Å². The van der Waals surface area contributed by atoms with Crippen LogP contribution in [-0.4, -0.2) is 0 Å². The van der Waals surface area contributed by atoms with Crippen molar-refractivity contribution in [3.8, 4) is 6.07 Å². The van der Waals surface area contributed by atoms with Gasteiger partial charge in [0.1, 0.15) is 0 Å². The van der Waals surface area contributed by atoms with Crippen LogP contribution in [0.1, 0.15) is 23.6 Å². The molecule has 1 aliphatic rings. The van der Waals surface area contributed by atoms with Crippen LogP contribution in [0.4, 0.5) is 0 Å². The Morgan fingerprint density at radius 1 is 1.58 bits per heavy atom. The topological polar surface area (TPSA) is 23.8 Å². The molecule has 0 amide bonds. The molecule has 0 bridgehead atoms. The molecular formula is C9H8BrNS. The van der Waals surface area contributed by atoms with Gasteiger partial charge in [-0.25, -0.2) is 0 Å². The van der Waals surface area contributed by atoms with Crippen molar-refractivity contribution in [1.82, 2.24) is 0 Å². The lowest BCUT2D eigenvalue weighted by Crippen LogP contribution is -1.93. The zero-order valence-electron chi connectivity index (χ0n) is 6.46. The molecule has 0 saturated heterocycles. The van der Waals surface area contributed by atoms with Crippen molar-refractivity contribution in [1.29, 1.82) is 5.26 Å². The van der Waals surface area contributed by atoms with Crippen LogP contribution >= 0.6 is 27.3 Å². The molecule has 3 heteroatoms. The van der Waals surface area contributed by atoms with E-state index in [1.54, 1.807) is 11.3 Å². The van der Waals surface area contributed by atoms with Crippen LogP contribution in [0, 0.1) is 17.2 Å². The highest BCUT2D eigenvalue weighted by molar-refractivity contribution is 9.11. The normalized spacial score (nSPS) is 18.7. The quantitative estimate of drug-likeness (QED) is 0.778. The van der Waals surface area contributed by atoms with Gasteiger partial charge in [0, 0.05) is 4.88 Å². The Kier molecular flexibility index (Phi) is 2.20. The van der Waals surface area contributed by atoms with Crippen LogP contribution in [0.5, 0.6) is 0 Å². The molecule has 1 nitrogen and oxygen atoms in total. The summed E-state index contributed by atoms with van der Waals surface area (Å²) in [4.78, 5) is 1.21. The van der Waals surface area contributed by atoms with Gasteiger partial charge in [-0.1, -0.05) is 0 Å². The zero-order chi connectivity index (χ0) is 8.55. The summed E-state index contributed by atoms with van der Waals surface area (Å²) in [6.07, 6.45) is 2.46. The van der Waals surface area contributed by atoms with Crippen molar-refractivity contribution in [3.05, 3.63) is 20.8 Å². The molecule has 1 aromatic rings. The van der Waals surface area contributed by atoms with Crippen LogP contribution in [0.3, 0.4) is 0 Å². The minimum absolute atomic E-state index is 0.154. The first-order valence-corrected chi connectivity index (χ1v) is 5.57. The standard InChI is InChI=1S/C9H8BrNS/c10-9-4-3-8(12-9)7(5-11)6-1-2-6/h3-4,6-7H,1-2H2. The van der Waals surface area contributed by atoms with Gasteiger partial charge in [-0.15, -0.1) is 11.3 Å². The first-order chi connectivity index (χ1) is 5.81. The van der Waals surface area contributed by atoms with Gasteiger partial charge in [0.25, 0.3) is 0 Å².